The molecule has 6 heteroatoms. The number of carboxylic acids is 2. The van der Waals surface area contributed by atoms with Crippen molar-refractivity contribution in [3.63, 3.8) is 0 Å². The van der Waals surface area contributed by atoms with Gasteiger partial charge in [-0.3, -0.25) is 0 Å². The van der Waals surface area contributed by atoms with Crippen molar-refractivity contribution in [3.05, 3.63) is 29.8 Å². The summed E-state index contributed by atoms with van der Waals surface area (Å²) in [5, 5.41) is 29.1. The van der Waals surface area contributed by atoms with Gasteiger partial charge in [-0.2, -0.15) is 0 Å². The first-order valence-corrected chi connectivity index (χ1v) is 22.6. The first-order chi connectivity index (χ1) is 21.8. The molecule has 0 saturated carbocycles. The SMILES string of the molecule is CCCCCCCCCCCC(=O)[O-].CCCCCCCCCCCC(=O)[O-].CCC[CH2][Sn+2][CH2]CCC.Cc1ccccc1O. The summed E-state index contributed by atoms with van der Waals surface area (Å²) in [7, 11) is 0. The number of para-hydroxylation sites is 1. The van der Waals surface area contributed by atoms with Gasteiger partial charge in [-0.05, 0) is 44.2 Å². The van der Waals surface area contributed by atoms with Crippen LogP contribution in [0.4, 0.5) is 0 Å². The Morgan fingerprint density at radius 3 is 1.11 bits per heavy atom. The van der Waals surface area contributed by atoms with Crippen molar-refractivity contribution in [2.75, 3.05) is 0 Å². The second-order valence-corrected chi connectivity index (χ2v) is 16.4. The molecule has 0 bridgehead atoms. The van der Waals surface area contributed by atoms with Gasteiger partial charge in [0.25, 0.3) is 0 Å². The van der Waals surface area contributed by atoms with Crippen molar-refractivity contribution >= 4 is 33.1 Å². The molecule has 0 fully saturated rings. The van der Waals surface area contributed by atoms with Gasteiger partial charge in [-0.25, -0.2) is 0 Å². The summed E-state index contributed by atoms with van der Waals surface area (Å²) >= 11 is 0.149. The molecule has 0 aliphatic heterocycles. The van der Waals surface area contributed by atoms with E-state index in [1.165, 1.54) is 116 Å². The number of carboxylic acid groups (broad SMARTS) is 2. The molecule has 0 aliphatic rings. The van der Waals surface area contributed by atoms with Crippen LogP contribution in [-0.2, 0) is 9.59 Å². The largest absolute Gasteiger partial charge is 0.508 e. The van der Waals surface area contributed by atoms with E-state index in [-0.39, 0.29) is 34.0 Å². The molecule has 0 amide bonds. The molecule has 0 unspecified atom stereocenters. The summed E-state index contributed by atoms with van der Waals surface area (Å²) in [6, 6.07) is 7.25. The topological polar surface area (TPSA) is 100 Å². The van der Waals surface area contributed by atoms with Gasteiger partial charge in [-0.15, -0.1) is 0 Å². The predicted molar refractivity (Wildman–Crippen MR) is 192 cm³/mol. The molecular formula is C39H72O5Sn. The van der Waals surface area contributed by atoms with E-state index >= 15 is 0 Å². The van der Waals surface area contributed by atoms with E-state index in [9.17, 15) is 19.8 Å². The minimum Gasteiger partial charge on any atom is -0.508 e. The number of aliphatic carboxylic acids is 2. The van der Waals surface area contributed by atoms with E-state index in [0.29, 0.717) is 5.75 Å². The van der Waals surface area contributed by atoms with Crippen LogP contribution in [0.5, 0.6) is 5.75 Å². The van der Waals surface area contributed by atoms with Gasteiger partial charge < -0.3 is 24.9 Å². The van der Waals surface area contributed by atoms with E-state index in [1.807, 2.05) is 25.1 Å². The summed E-state index contributed by atoms with van der Waals surface area (Å²) in [5.41, 5.74) is 0.924. The van der Waals surface area contributed by atoms with Gasteiger partial charge in [0, 0.05) is 11.9 Å². The van der Waals surface area contributed by atoms with Crippen molar-refractivity contribution < 1.29 is 24.9 Å². The number of carbonyl (C=O) groups is 2. The molecule has 0 radical (unpaired) electrons. The van der Waals surface area contributed by atoms with Crippen LogP contribution in [0.15, 0.2) is 24.3 Å². The minimum absolute atomic E-state index is 0.149. The van der Waals surface area contributed by atoms with Crippen LogP contribution >= 0.6 is 0 Å². The summed E-state index contributed by atoms with van der Waals surface area (Å²) in [6.45, 7) is 10.9. The van der Waals surface area contributed by atoms with Gasteiger partial charge in [0.15, 0.2) is 0 Å². The fourth-order valence-electron chi connectivity index (χ4n) is 4.45. The third-order valence-corrected chi connectivity index (χ3v) is 11.5. The van der Waals surface area contributed by atoms with Crippen LogP contribution in [0, 0.1) is 6.92 Å². The Bertz CT molecular complexity index is 666. The van der Waals surface area contributed by atoms with E-state index in [0.717, 1.165) is 31.2 Å². The Morgan fingerprint density at radius 1 is 0.533 bits per heavy atom. The average Bonchev–Trinajstić information content (AvgIpc) is 3.01. The number of carbonyl (C=O) groups excluding carboxylic acids is 2. The fourth-order valence-corrected chi connectivity index (χ4v) is 8.61. The smallest absolute Gasteiger partial charge is 0.118 e. The van der Waals surface area contributed by atoms with E-state index in [1.54, 1.807) is 14.9 Å². The standard InChI is InChI=1S/2C12H24O2.C7H8O.2C4H9.Sn/c2*1-2-3-4-5-6-7-8-9-10-11-12(13)14;1-6-4-2-3-5-7(6)8;2*1-3-4-2;/h2*2-11H2,1H3,(H,13,14);2-5,8H,1H3;2*1,3-4H2,2H3;/q;;;;;+2/p-2. The van der Waals surface area contributed by atoms with Gasteiger partial charge in [0.05, 0.1) is 0 Å². The average molecular weight is 740 g/mol. The number of hydrogen-bond donors (Lipinski definition) is 1. The molecule has 1 rings (SSSR count). The number of aryl methyl sites for hydroxylation is 1. The Balaban J connectivity index is -0.000000536. The number of phenolic OH excluding ortho intramolecular Hbond substituents is 1. The molecule has 0 heterocycles. The molecule has 1 N–H and O–H groups in total. The van der Waals surface area contributed by atoms with Gasteiger partial charge in [0.2, 0.25) is 0 Å². The van der Waals surface area contributed by atoms with Crippen molar-refractivity contribution in [2.45, 2.75) is 198 Å². The van der Waals surface area contributed by atoms with Crippen molar-refractivity contribution in [1.29, 1.82) is 0 Å². The molecule has 262 valence electrons. The van der Waals surface area contributed by atoms with Crippen LogP contribution in [-0.4, -0.2) is 38.2 Å². The van der Waals surface area contributed by atoms with Crippen LogP contribution in [0.3, 0.4) is 0 Å². The molecule has 0 aromatic heterocycles. The maximum absolute atomic E-state index is 10.1. The third-order valence-electron chi connectivity index (χ3n) is 7.50. The monoisotopic (exact) mass is 740 g/mol. The molecule has 0 atom stereocenters. The summed E-state index contributed by atoms with van der Waals surface area (Å²) < 4.78 is 3.25. The van der Waals surface area contributed by atoms with Crippen LogP contribution in [0.2, 0.25) is 8.87 Å². The van der Waals surface area contributed by atoms with Crippen LogP contribution < -0.4 is 10.2 Å². The van der Waals surface area contributed by atoms with E-state index in [4.69, 9.17) is 5.11 Å². The molecule has 45 heavy (non-hydrogen) atoms. The Morgan fingerprint density at radius 2 is 0.844 bits per heavy atom. The Kier molecular flexibility index (Phi) is 45.8. The molecule has 1 aromatic rings. The minimum atomic E-state index is -0.909. The zero-order valence-corrected chi connectivity index (χ0v) is 33.1. The molecule has 0 saturated heterocycles. The maximum Gasteiger partial charge on any atom is 0.118 e. The number of unbranched alkanes of at least 4 members (excludes halogenated alkanes) is 18. The Hall–Kier alpha value is -1.24. The zero-order valence-electron chi connectivity index (χ0n) is 30.3. The second kappa shape index (κ2) is 42.8. The van der Waals surface area contributed by atoms with Crippen LogP contribution in [0.25, 0.3) is 0 Å². The maximum atomic E-state index is 10.1. The van der Waals surface area contributed by atoms with Gasteiger partial charge in [-0.1, -0.05) is 135 Å². The third kappa shape index (κ3) is 49.8. The number of hydrogen-bond acceptors (Lipinski definition) is 5. The number of rotatable bonds is 26. The van der Waals surface area contributed by atoms with Crippen molar-refractivity contribution in [1.82, 2.24) is 0 Å². The number of benzene rings is 1. The molecule has 5 nitrogen and oxygen atoms in total. The quantitative estimate of drug-likeness (QED) is 0.0753. The number of aromatic hydroxyl groups is 1. The summed E-state index contributed by atoms with van der Waals surface area (Å²) in [4.78, 5) is 20.2. The second-order valence-electron chi connectivity index (χ2n) is 12.1. The molecule has 0 spiro atoms. The normalized spacial score (nSPS) is 9.89. The first kappa shape index (κ1) is 48.2. The number of phenols is 1. The molecule has 1 aromatic carbocycles. The first-order valence-electron chi connectivity index (χ1n) is 18.6. The summed E-state index contributed by atoms with van der Waals surface area (Å²) in [6.07, 6.45) is 28.2. The van der Waals surface area contributed by atoms with Gasteiger partial charge in [0.1, 0.15) is 5.75 Å². The predicted octanol–water partition coefficient (Wildman–Crippen LogP) is 10.1. The fraction of sp³-hybridized carbons (Fsp3) is 0.795. The van der Waals surface area contributed by atoms with Crippen molar-refractivity contribution in [3.8, 4) is 5.75 Å². The Labute approximate surface area is 290 Å². The molecule has 0 aliphatic carbocycles. The molecular weight excluding hydrogens is 667 g/mol. The van der Waals surface area contributed by atoms with Crippen molar-refractivity contribution in [2.24, 2.45) is 0 Å². The van der Waals surface area contributed by atoms with E-state index in [2.05, 4.69) is 27.7 Å². The zero-order chi connectivity index (χ0) is 34.2. The van der Waals surface area contributed by atoms with E-state index < -0.39 is 11.9 Å². The van der Waals surface area contributed by atoms with Crippen LogP contribution in [0.1, 0.15) is 187 Å². The summed E-state index contributed by atoms with van der Waals surface area (Å²) in [5.74, 6) is -1.45. The van der Waals surface area contributed by atoms with Gasteiger partial charge >= 0.3 is 69.5 Å².